The second kappa shape index (κ2) is 8.18. The van der Waals surface area contributed by atoms with E-state index in [-0.39, 0.29) is 0 Å². The number of phenols is 1. The van der Waals surface area contributed by atoms with Gasteiger partial charge in [-0.3, -0.25) is 0 Å². The summed E-state index contributed by atoms with van der Waals surface area (Å²) >= 11 is 0. The minimum atomic E-state index is 0.329. The first-order valence-electron chi connectivity index (χ1n) is 7.37. The highest BCUT2D eigenvalue weighted by Gasteiger charge is 2.14. The molecule has 0 amide bonds. The summed E-state index contributed by atoms with van der Waals surface area (Å²) < 4.78 is 0. The molecule has 1 aromatic rings. The number of aromatic hydroxyl groups is 1. The summed E-state index contributed by atoms with van der Waals surface area (Å²) in [7, 11) is 0. The molecule has 0 fully saturated rings. The number of phenolic OH excluding ortho intramolecular Hbond substituents is 1. The van der Waals surface area contributed by atoms with Crippen LogP contribution in [0.3, 0.4) is 0 Å². The second-order valence-electron chi connectivity index (χ2n) is 5.11. The first-order chi connectivity index (χ1) is 9.10. The molecule has 3 nitrogen and oxygen atoms in total. The molecule has 0 aromatic heterocycles. The van der Waals surface area contributed by atoms with Crippen molar-refractivity contribution in [3.8, 4) is 5.75 Å². The predicted molar refractivity (Wildman–Crippen MR) is 81.5 cm³/mol. The van der Waals surface area contributed by atoms with E-state index in [0.717, 1.165) is 26.1 Å². The van der Waals surface area contributed by atoms with Crippen LogP contribution in [0.1, 0.15) is 45.7 Å². The number of likely N-dealkylation sites (N-methyl/N-ethyl adjacent to an activating group) is 1. The van der Waals surface area contributed by atoms with E-state index in [1.54, 1.807) is 12.1 Å². The van der Waals surface area contributed by atoms with Crippen LogP contribution in [0.4, 0.5) is 0 Å². The van der Waals surface area contributed by atoms with Crippen molar-refractivity contribution >= 4 is 0 Å². The van der Waals surface area contributed by atoms with Crippen LogP contribution < -0.4 is 5.32 Å². The number of rotatable bonds is 8. The maximum absolute atomic E-state index is 9.35. The Bertz CT molecular complexity index is 346. The van der Waals surface area contributed by atoms with Gasteiger partial charge in [0, 0.05) is 18.6 Å². The van der Waals surface area contributed by atoms with Crippen molar-refractivity contribution in [1.29, 1.82) is 0 Å². The lowest BCUT2D eigenvalue weighted by molar-refractivity contribution is 0.260. The third-order valence-corrected chi connectivity index (χ3v) is 3.62. The molecular formula is C16H28N2O. The van der Waals surface area contributed by atoms with Crippen molar-refractivity contribution in [2.24, 2.45) is 0 Å². The van der Waals surface area contributed by atoms with Gasteiger partial charge in [0.1, 0.15) is 5.75 Å². The highest BCUT2D eigenvalue weighted by Crippen LogP contribution is 2.20. The minimum Gasteiger partial charge on any atom is -0.508 e. The summed E-state index contributed by atoms with van der Waals surface area (Å²) in [6.07, 6.45) is 1.05. The van der Waals surface area contributed by atoms with E-state index >= 15 is 0 Å². The van der Waals surface area contributed by atoms with Crippen molar-refractivity contribution in [3.05, 3.63) is 29.8 Å². The fourth-order valence-corrected chi connectivity index (χ4v) is 2.42. The first kappa shape index (κ1) is 16.0. The van der Waals surface area contributed by atoms with Gasteiger partial charge < -0.3 is 15.3 Å². The predicted octanol–water partition coefficient (Wildman–Crippen LogP) is 3.16. The van der Waals surface area contributed by atoms with E-state index in [1.165, 1.54) is 5.56 Å². The van der Waals surface area contributed by atoms with E-state index < -0.39 is 0 Å². The zero-order valence-electron chi connectivity index (χ0n) is 12.7. The molecule has 0 saturated heterocycles. The Balaban J connectivity index is 2.58. The Labute approximate surface area is 117 Å². The molecule has 0 spiro atoms. The molecule has 0 heterocycles. The van der Waals surface area contributed by atoms with Crippen molar-refractivity contribution in [3.63, 3.8) is 0 Å². The highest BCUT2D eigenvalue weighted by molar-refractivity contribution is 5.28. The van der Waals surface area contributed by atoms with E-state index in [2.05, 4.69) is 37.9 Å². The van der Waals surface area contributed by atoms with Crippen LogP contribution in [-0.2, 0) is 0 Å². The zero-order valence-corrected chi connectivity index (χ0v) is 12.7. The van der Waals surface area contributed by atoms with E-state index in [1.807, 2.05) is 12.1 Å². The number of hydrogen-bond acceptors (Lipinski definition) is 3. The van der Waals surface area contributed by atoms with Crippen molar-refractivity contribution in [1.82, 2.24) is 10.2 Å². The van der Waals surface area contributed by atoms with Crippen LogP contribution in [0.2, 0.25) is 0 Å². The lowest BCUT2D eigenvalue weighted by Gasteiger charge is -2.27. The van der Waals surface area contributed by atoms with Gasteiger partial charge in [-0.05, 0) is 44.1 Å². The van der Waals surface area contributed by atoms with Gasteiger partial charge in [0.25, 0.3) is 0 Å². The van der Waals surface area contributed by atoms with Gasteiger partial charge in [0.15, 0.2) is 0 Å². The van der Waals surface area contributed by atoms with Gasteiger partial charge in [-0.15, -0.1) is 0 Å². The Morgan fingerprint density at radius 1 is 1.11 bits per heavy atom. The summed E-state index contributed by atoms with van der Waals surface area (Å²) in [5.41, 5.74) is 1.24. The third-order valence-electron chi connectivity index (χ3n) is 3.62. The monoisotopic (exact) mass is 264 g/mol. The number of benzene rings is 1. The molecule has 0 saturated carbocycles. The van der Waals surface area contributed by atoms with Gasteiger partial charge in [-0.1, -0.05) is 32.9 Å². The number of nitrogens with zero attached hydrogens (tertiary/aromatic N) is 1. The normalized spacial score (nSPS) is 14.6. The lowest BCUT2D eigenvalue weighted by Crippen LogP contribution is -2.40. The van der Waals surface area contributed by atoms with Crippen molar-refractivity contribution < 1.29 is 5.11 Å². The van der Waals surface area contributed by atoms with E-state index in [4.69, 9.17) is 0 Å². The highest BCUT2D eigenvalue weighted by atomic mass is 16.3. The molecule has 1 rings (SSSR count). The van der Waals surface area contributed by atoms with Gasteiger partial charge in [-0.2, -0.15) is 0 Å². The summed E-state index contributed by atoms with van der Waals surface area (Å²) in [6, 6.07) is 8.33. The van der Waals surface area contributed by atoms with E-state index in [0.29, 0.717) is 17.8 Å². The van der Waals surface area contributed by atoms with Crippen molar-refractivity contribution in [2.45, 2.75) is 46.2 Å². The van der Waals surface area contributed by atoms with Crippen molar-refractivity contribution in [2.75, 3.05) is 19.6 Å². The molecule has 2 N–H and O–H groups in total. The molecule has 1 aromatic carbocycles. The lowest BCUT2D eigenvalue weighted by atomic mass is 10.0. The van der Waals surface area contributed by atoms with Gasteiger partial charge in [0.2, 0.25) is 0 Å². The number of hydrogen-bond donors (Lipinski definition) is 2. The number of nitrogens with one attached hydrogen (secondary N) is 1. The van der Waals surface area contributed by atoms with Crippen LogP contribution in [0, 0.1) is 0 Å². The average molecular weight is 264 g/mol. The molecule has 2 unspecified atom stereocenters. The molecule has 0 aliphatic heterocycles. The molecule has 19 heavy (non-hydrogen) atoms. The van der Waals surface area contributed by atoms with Crippen LogP contribution in [0.25, 0.3) is 0 Å². The SMILES string of the molecule is CCC(NC(C)CN(CC)CC)c1ccc(O)cc1. The second-order valence-corrected chi connectivity index (χ2v) is 5.11. The largest absolute Gasteiger partial charge is 0.508 e. The fraction of sp³-hybridized carbons (Fsp3) is 0.625. The Kier molecular flexibility index (Phi) is 6.89. The van der Waals surface area contributed by atoms with Gasteiger partial charge in [0.05, 0.1) is 0 Å². The van der Waals surface area contributed by atoms with Crippen LogP contribution in [-0.4, -0.2) is 35.7 Å². The topological polar surface area (TPSA) is 35.5 Å². The van der Waals surface area contributed by atoms with Crippen LogP contribution >= 0.6 is 0 Å². The Hall–Kier alpha value is -1.06. The summed E-state index contributed by atoms with van der Waals surface area (Å²) in [5, 5.41) is 13.0. The fourth-order valence-electron chi connectivity index (χ4n) is 2.42. The molecule has 0 aliphatic rings. The summed E-state index contributed by atoms with van der Waals surface area (Å²) in [5.74, 6) is 0.329. The first-order valence-corrected chi connectivity index (χ1v) is 7.37. The zero-order chi connectivity index (χ0) is 14.3. The quantitative estimate of drug-likeness (QED) is 0.757. The summed E-state index contributed by atoms with van der Waals surface area (Å²) in [4.78, 5) is 2.43. The van der Waals surface area contributed by atoms with E-state index in [9.17, 15) is 5.11 Å². The molecule has 0 radical (unpaired) electrons. The van der Waals surface area contributed by atoms with Gasteiger partial charge >= 0.3 is 0 Å². The molecule has 3 heteroatoms. The molecule has 0 bridgehead atoms. The Morgan fingerprint density at radius 3 is 2.16 bits per heavy atom. The van der Waals surface area contributed by atoms with Crippen LogP contribution in [0.5, 0.6) is 5.75 Å². The standard InChI is InChI=1S/C16H28N2O/c1-5-16(14-8-10-15(19)11-9-14)17-13(4)12-18(6-2)7-3/h8-11,13,16-17,19H,5-7,12H2,1-4H3. The molecule has 2 atom stereocenters. The third kappa shape index (κ3) is 5.21. The van der Waals surface area contributed by atoms with Gasteiger partial charge in [-0.25, -0.2) is 0 Å². The van der Waals surface area contributed by atoms with Crippen LogP contribution in [0.15, 0.2) is 24.3 Å². The Morgan fingerprint density at radius 2 is 1.68 bits per heavy atom. The molecule has 0 aliphatic carbocycles. The molecular weight excluding hydrogens is 236 g/mol. The summed E-state index contributed by atoms with van der Waals surface area (Å²) in [6.45, 7) is 12.1. The maximum Gasteiger partial charge on any atom is 0.115 e. The maximum atomic E-state index is 9.35. The minimum absolute atomic E-state index is 0.329. The smallest absolute Gasteiger partial charge is 0.115 e. The average Bonchev–Trinajstić information content (AvgIpc) is 2.43. The molecule has 108 valence electrons.